The quantitative estimate of drug-likeness (QED) is 0.750. The Morgan fingerprint density at radius 2 is 1.83 bits per heavy atom. The predicted molar refractivity (Wildman–Crippen MR) is 108 cm³/mol. The van der Waals surface area contributed by atoms with Gasteiger partial charge >= 0.3 is 0 Å². The average Bonchev–Trinajstić information content (AvgIpc) is 2.63. The van der Waals surface area contributed by atoms with Gasteiger partial charge in [0.1, 0.15) is 21.9 Å². The van der Waals surface area contributed by atoms with Crippen molar-refractivity contribution in [2.45, 2.75) is 37.5 Å². The molecule has 1 aromatic carbocycles. The van der Waals surface area contributed by atoms with Gasteiger partial charge < -0.3 is 11.1 Å². The van der Waals surface area contributed by atoms with Crippen LogP contribution in [0.15, 0.2) is 35.6 Å². The van der Waals surface area contributed by atoms with E-state index in [1.807, 2.05) is 0 Å². The molecule has 1 aliphatic rings. The largest absolute Gasteiger partial charge is 0.386 e. The van der Waals surface area contributed by atoms with Gasteiger partial charge in [-0.25, -0.2) is 27.2 Å². The summed E-state index contributed by atoms with van der Waals surface area (Å²) in [6.45, 7) is 4.16. The second-order valence-corrected chi connectivity index (χ2v) is 10.3. The summed E-state index contributed by atoms with van der Waals surface area (Å²) in [5, 5.41) is 2.45. The Morgan fingerprint density at radius 3 is 2.43 bits per heavy atom. The van der Waals surface area contributed by atoms with Crippen LogP contribution in [0.2, 0.25) is 0 Å². The highest BCUT2D eigenvalue weighted by Crippen LogP contribution is 2.39. The standard InChI is InChI=1S/C19H21F2N5O3S/c1-18(2)17(22)26-19(3,10-30(18,28)29)12-7-11(8-13(20)16(12)21)25-15(27)9-14-23-5-4-6-24-14/h4-8H,9-10H2,1-3H3,(H2,22,26)(H,25,27). The Hall–Kier alpha value is -2.95. The van der Waals surface area contributed by atoms with E-state index < -0.39 is 43.4 Å². The van der Waals surface area contributed by atoms with Crippen LogP contribution in [0, 0.1) is 11.6 Å². The number of nitrogens with two attached hydrogens (primary N) is 1. The van der Waals surface area contributed by atoms with Crippen LogP contribution in [-0.2, 0) is 26.6 Å². The second-order valence-electron chi connectivity index (χ2n) is 7.75. The van der Waals surface area contributed by atoms with E-state index in [9.17, 15) is 22.0 Å². The summed E-state index contributed by atoms with van der Waals surface area (Å²) < 4.78 is 52.9. The van der Waals surface area contributed by atoms with Gasteiger partial charge in [-0.05, 0) is 32.9 Å². The van der Waals surface area contributed by atoms with Crippen molar-refractivity contribution in [3.8, 4) is 0 Å². The van der Waals surface area contributed by atoms with Crippen molar-refractivity contribution in [3.05, 3.63) is 53.6 Å². The molecule has 0 saturated carbocycles. The van der Waals surface area contributed by atoms with Gasteiger partial charge in [0.15, 0.2) is 21.5 Å². The number of carbonyl (C=O) groups is 1. The number of hydrogen-bond acceptors (Lipinski definition) is 7. The molecule has 1 aliphatic heterocycles. The van der Waals surface area contributed by atoms with E-state index >= 15 is 0 Å². The molecule has 0 radical (unpaired) electrons. The molecule has 160 valence electrons. The highest BCUT2D eigenvalue weighted by molar-refractivity contribution is 7.93. The van der Waals surface area contributed by atoms with Gasteiger partial charge in [0.25, 0.3) is 0 Å². The lowest BCUT2D eigenvalue weighted by molar-refractivity contribution is -0.115. The summed E-state index contributed by atoms with van der Waals surface area (Å²) >= 11 is 0. The smallest absolute Gasteiger partial charge is 0.232 e. The topological polar surface area (TPSA) is 127 Å². The highest BCUT2D eigenvalue weighted by atomic mass is 32.2. The maximum atomic E-state index is 14.7. The molecule has 0 fully saturated rings. The van der Waals surface area contributed by atoms with Gasteiger partial charge in [-0.15, -0.1) is 0 Å². The summed E-state index contributed by atoms with van der Waals surface area (Å²) in [5.41, 5.74) is 3.83. The van der Waals surface area contributed by atoms with E-state index in [0.29, 0.717) is 0 Å². The molecule has 3 rings (SSSR count). The van der Waals surface area contributed by atoms with Crippen LogP contribution in [0.1, 0.15) is 32.2 Å². The molecule has 1 aromatic heterocycles. The average molecular weight is 437 g/mol. The van der Waals surface area contributed by atoms with E-state index in [-0.39, 0.29) is 29.3 Å². The van der Waals surface area contributed by atoms with Gasteiger partial charge in [0, 0.05) is 29.7 Å². The Labute approximate surface area is 172 Å². The number of carbonyl (C=O) groups excluding carboxylic acids is 1. The van der Waals surface area contributed by atoms with Crippen LogP contribution in [-0.4, -0.2) is 40.6 Å². The third-order valence-electron chi connectivity index (χ3n) is 5.06. The Morgan fingerprint density at radius 1 is 1.20 bits per heavy atom. The summed E-state index contributed by atoms with van der Waals surface area (Å²) in [6, 6.07) is 3.56. The molecule has 2 aromatic rings. The molecule has 0 aliphatic carbocycles. The monoisotopic (exact) mass is 437 g/mol. The fraction of sp³-hybridized carbons (Fsp3) is 0.368. The number of nitrogens with zero attached hydrogens (tertiary/aromatic N) is 3. The fourth-order valence-corrected chi connectivity index (χ4v) is 4.79. The van der Waals surface area contributed by atoms with Crippen LogP contribution in [0.4, 0.5) is 14.5 Å². The van der Waals surface area contributed by atoms with E-state index in [0.717, 1.165) is 12.1 Å². The van der Waals surface area contributed by atoms with Crippen molar-refractivity contribution in [1.82, 2.24) is 9.97 Å². The van der Waals surface area contributed by atoms with Crippen molar-refractivity contribution in [2.24, 2.45) is 10.7 Å². The molecule has 30 heavy (non-hydrogen) atoms. The summed E-state index contributed by atoms with van der Waals surface area (Å²) in [4.78, 5) is 24.3. The van der Waals surface area contributed by atoms with Gasteiger partial charge in [-0.3, -0.25) is 9.79 Å². The molecule has 2 heterocycles. The maximum Gasteiger partial charge on any atom is 0.232 e. The van der Waals surface area contributed by atoms with Crippen LogP contribution in [0.5, 0.6) is 0 Å². The summed E-state index contributed by atoms with van der Waals surface area (Å²) in [7, 11) is -3.82. The first-order valence-electron chi connectivity index (χ1n) is 8.99. The normalized spacial score (nSPS) is 22.2. The lowest BCUT2D eigenvalue weighted by Crippen LogP contribution is -2.55. The predicted octanol–water partition coefficient (Wildman–Crippen LogP) is 1.72. The number of nitrogens with one attached hydrogen (secondary N) is 1. The molecule has 0 spiro atoms. The zero-order valence-corrected chi connectivity index (χ0v) is 17.4. The molecular formula is C19H21F2N5O3S. The third-order valence-corrected chi connectivity index (χ3v) is 7.77. The van der Waals surface area contributed by atoms with Crippen molar-refractivity contribution < 1.29 is 22.0 Å². The van der Waals surface area contributed by atoms with Crippen molar-refractivity contribution in [1.29, 1.82) is 0 Å². The molecule has 11 heteroatoms. The lowest BCUT2D eigenvalue weighted by Gasteiger charge is -2.38. The molecule has 8 nitrogen and oxygen atoms in total. The lowest BCUT2D eigenvalue weighted by atomic mass is 9.92. The number of amidine groups is 1. The number of amides is 1. The van der Waals surface area contributed by atoms with Crippen molar-refractivity contribution >= 4 is 27.3 Å². The first-order chi connectivity index (χ1) is 13.9. The minimum atomic E-state index is -3.82. The molecule has 3 N–H and O–H groups in total. The van der Waals surface area contributed by atoms with Gasteiger partial charge in [0.2, 0.25) is 5.91 Å². The fourth-order valence-electron chi connectivity index (χ4n) is 3.10. The molecule has 0 bridgehead atoms. The molecule has 1 amide bonds. The number of aliphatic imine (C=N–C) groups is 1. The maximum absolute atomic E-state index is 14.7. The minimum absolute atomic E-state index is 0.0536. The van der Waals surface area contributed by atoms with Crippen molar-refractivity contribution in [2.75, 3.05) is 11.1 Å². The molecule has 1 unspecified atom stereocenters. The van der Waals surface area contributed by atoms with Crippen LogP contribution in [0.3, 0.4) is 0 Å². The van der Waals surface area contributed by atoms with E-state index in [1.165, 1.54) is 33.2 Å². The van der Waals surface area contributed by atoms with E-state index in [1.54, 1.807) is 6.07 Å². The first-order valence-corrected chi connectivity index (χ1v) is 10.6. The number of hydrogen-bond donors (Lipinski definition) is 2. The van der Waals surface area contributed by atoms with Crippen LogP contribution >= 0.6 is 0 Å². The number of rotatable bonds is 4. The van der Waals surface area contributed by atoms with Crippen LogP contribution in [0.25, 0.3) is 0 Å². The SMILES string of the molecule is CC1(c2cc(NC(=O)Cc3ncccn3)cc(F)c2F)CS(=O)(=O)C(C)(C)C(N)=N1. The summed E-state index contributed by atoms with van der Waals surface area (Å²) in [6.07, 6.45) is 2.76. The number of anilines is 1. The van der Waals surface area contributed by atoms with Gasteiger partial charge in [-0.2, -0.15) is 0 Å². The van der Waals surface area contributed by atoms with E-state index in [4.69, 9.17) is 5.73 Å². The molecule has 1 atom stereocenters. The Kier molecular flexibility index (Phi) is 5.35. The Balaban J connectivity index is 1.98. The number of halogens is 2. The number of benzene rings is 1. The third kappa shape index (κ3) is 3.89. The zero-order chi connectivity index (χ0) is 22.3. The van der Waals surface area contributed by atoms with E-state index in [2.05, 4.69) is 20.3 Å². The Bertz CT molecular complexity index is 1140. The number of aromatic nitrogens is 2. The van der Waals surface area contributed by atoms with Crippen molar-refractivity contribution in [3.63, 3.8) is 0 Å². The van der Waals surface area contributed by atoms with Gasteiger partial charge in [-0.1, -0.05) is 0 Å². The van der Waals surface area contributed by atoms with Crippen LogP contribution < -0.4 is 11.1 Å². The van der Waals surface area contributed by atoms with Gasteiger partial charge in [0.05, 0.1) is 12.2 Å². The summed E-state index contributed by atoms with van der Waals surface area (Å²) in [5.74, 6) is -3.58. The highest BCUT2D eigenvalue weighted by Gasteiger charge is 2.49. The minimum Gasteiger partial charge on any atom is -0.386 e. The second kappa shape index (κ2) is 7.38. The first kappa shape index (κ1) is 21.8. The molecule has 0 saturated heterocycles. The number of sulfone groups is 1. The zero-order valence-electron chi connectivity index (χ0n) is 16.6. The molecular weight excluding hydrogens is 416 g/mol.